The molecule has 0 aromatic heterocycles. The molecular formula is C19H24N2O4. The predicted octanol–water partition coefficient (Wildman–Crippen LogP) is 2.60. The highest BCUT2D eigenvalue weighted by molar-refractivity contribution is 6.02. The molecule has 25 heavy (non-hydrogen) atoms. The third kappa shape index (κ3) is 4.20. The van der Waals surface area contributed by atoms with Crippen LogP contribution in [-0.2, 0) is 14.3 Å². The number of hydrogen-bond acceptors (Lipinski definition) is 5. The Morgan fingerprint density at radius 3 is 2.72 bits per heavy atom. The molecule has 6 heteroatoms. The minimum Gasteiger partial charge on any atom is -0.465 e. The van der Waals surface area contributed by atoms with E-state index in [1.165, 1.54) is 7.11 Å². The molecule has 3 rings (SSSR count). The number of esters is 1. The lowest BCUT2D eigenvalue weighted by molar-refractivity contribution is -0.120. The summed E-state index contributed by atoms with van der Waals surface area (Å²) in [5.41, 5.74) is 1.82. The van der Waals surface area contributed by atoms with E-state index in [1.54, 1.807) is 12.1 Å². The Morgan fingerprint density at radius 2 is 2.04 bits per heavy atom. The maximum Gasteiger partial charge on any atom is 0.340 e. The number of nitrogens with one attached hydrogen (secondary N) is 1. The topological polar surface area (TPSA) is 67.9 Å². The van der Waals surface area contributed by atoms with Crippen molar-refractivity contribution in [2.24, 2.45) is 5.92 Å². The summed E-state index contributed by atoms with van der Waals surface area (Å²) in [7, 11) is 1.35. The highest BCUT2D eigenvalue weighted by Crippen LogP contribution is 2.27. The minimum absolute atomic E-state index is 0.0468. The Labute approximate surface area is 147 Å². The van der Waals surface area contributed by atoms with Gasteiger partial charge in [0.05, 0.1) is 31.6 Å². The van der Waals surface area contributed by atoms with Crippen molar-refractivity contribution >= 4 is 23.3 Å². The zero-order chi connectivity index (χ0) is 17.6. The average molecular weight is 344 g/mol. The van der Waals surface area contributed by atoms with Gasteiger partial charge in [-0.3, -0.25) is 4.79 Å². The Morgan fingerprint density at radius 1 is 1.24 bits per heavy atom. The van der Waals surface area contributed by atoms with Crippen molar-refractivity contribution in [3.8, 4) is 0 Å². The maximum absolute atomic E-state index is 12.5. The Balaban J connectivity index is 1.80. The van der Waals surface area contributed by atoms with E-state index in [1.807, 2.05) is 12.1 Å². The number of carbonyl (C=O) groups excluding carboxylic acids is 2. The smallest absolute Gasteiger partial charge is 0.340 e. The summed E-state index contributed by atoms with van der Waals surface area (Å²) in [6.07, 6.45) is 6.63. The molecule has 1 aromatic carbocycles. The van der Waals surface area contributed by atoms with Crippen LogP contribution in [0.4, 0.5) is 11.4 Å². The number of hydrogen-bond donors (Lipinski definition) is 1. The number of benzene rings is 1. The van der Waals surface area contributed by atoms with Gasteiger partial charge >= 0.3 is 5.97 Å². The number of anilines is 2. The van der Waals surface area contributed by atoms with Gasteiger partial charge < -0.3 is 19.7 Å². The maximum atomic E-state index is 12.5. The second-order valence-electron chi connectivity index (χ2n) is 6.29. The van der Waals surface area contributed by atoms with E-state index in [-0.39, 0.29) is 11.8 Å². The van der Waals surface area contributed by atoms with E-state index < -0.39 is 5.97 Å². The summed E-state index contributed by atoms with van der Waals surface area (Å²) >= 11 is 0. The average Bonchev–Trinajstić information content (AvgIpc) is 2.69. The van der Waals surface area contributed by atoms with Crippen LogP contribution in [0.25, 0.3) is 0 Å². The second kappa shape index (κ2) is 8.16. The van der Waals surface area contributed by atoms with Crippen molar-refractivity contribution in [2.45, 2.75) is 19.3 Å². The number of morpholine rings is 1. The van der Waals surface area contributed by atoms with E-state index >= 15 is 0 Å². The first-order valence-corrected chi connectivity index (χ1v) is 8.70. The summed E-state index contributed by atoms with van der Waals surface area (Å²) in [5, 5.41) is 2.91. The van der Waals surface area contributed by atoms with Gasteiger partial charge in [0.1, 0.15) is 0 Å². The van der Waals surface area contributed by atoms with E-state index in [2.05, 4.69) is 16.3 Å². The third-order valence-corrected chi connectivity index (χ3v) is 4.68. The number of rotatable bonds is 4. The Hall–Kier alpha value is -2.34. The summed E-state index contributed by atoms with van der Waals surface area (Å²) in [6, 6.07) is 5.50. The molecule has 1 saturated heterocycles. The van der Waals surface area contributed by atoms with Gasteiger partial charge in [0, 0.05) is 24.7 Å². The van der Waals surface area contributed by atoms with Gasteiger partial charge in [-0.2, -0.15) is 0 Å². The molecule has 0 spiro atoms. The fourth-order valence-electron chi connectivity index (χ4n) is 3.20. The number of ether oxygens (including phenoxy) is 2. The highest BCUT2D eigenvalue weighted by atomic mass is 16.5. The number of allylic oxidation sites excluding steroid dienone is 2. The SMILES string of the molecule is COC(=O)c1cc(N2CCOCC2)ccc1NC(=O)[C@@H]1CC=CCC1. The highest BCUT2D eigenvalue weighted by Gasteiger charge is 2.22. The molecule has 1 atom stereocenters. The quantitative estimate of drug-likeness (QED) is 0.672. The van der Waals surface area contributed by atoms with Gasteiger partial charge in [-0.05, 0) is 37.5 Å². The van der Waals surface area contributed by atoms with E-state index in [4.69, 9.17) is 9.47 Å². The van der Waals surface area contributed by atoms with E-state index in [0.717, 1.165) is 38.0 Å². The molecule has 1 amide bonds. The number of methoxy groups -OCH3 is 1. The molecule has 2 aliphatic rings. The number of nitrogens with zero attached hydrogens (tertiary/aromatic N) is 1. The molecule has 1 aromatic rings. The van der Waals surface area contributed by atoms with Gasteiger partial charge in [-0.25, -0.2) is 4.79 Å². The monoisotopic (exact) mass is 344 g/mol. The van der Waals surface area contributed by atoms with Gasteiger partial charge in [-0.1, -0.05) is 12.2 Å². The van der Waals surface area contributed by atoms with Crippen LogP contribution >= 0.6 is 0 Å². The van der Waals surface area contributed by atoms with E-state index in [0.29, 0.717) is 24.5 Å². The number of amides is 1. The standard InChI is InChI=1S/C19H24N2O4/c1-24-19(23)16-13-15(21-9-11-25-12-10-21)7-8-17(16)20-18(22)14-5-3-2-4-6-14/h2-3,7-8,13-14H,4-6,9-12H2,1H3,(H,20,22)/t14-/m1/s1. The van der Waals surface area contributed by atoms with Gasteiger partial charge in [0.2, 0.25) is 5.91 Å². The zero-order valence-corrected chi connectivity index (χ0v) is 14.5. The van der Waals surface area contributed by atoms with Crippen molar-refractivity contribution in [1.29, 1.82) is 0 Å². The predicted molar refractivity (Wildman–Crippen MR) is 95.9 cm³/mol. The summed E-state index contributed by atoms with van der Waals surface area (Å²) in [6.45, 7) is 2.89. The summed E-state index contributed by atoms with van der Waals surface area (Å²) in [4.78, 5) is 26.9. The van der Waals surface area contributed by atoms with Crippen molar-refractivity contribution in [3.05, 3.63) is 35.9 Å². The van der Waals surface area contributed by atoms with Crippen LogP contribution in [0.5, 0.6) is 0 Å². The lowest BCUT2D eigenvalue weighted by atomic mass is 9.93. The molecule has 134 valence electrons. The van der Waals surface area contributed by atoms with Crippen LogP contribution in [0, 0.1) is 5.92 Å². The molecule has 1 aliphatic carbocycles. The van der Waals surface area contributed by atoms with Crippen LogP contribution in [0.2, 0.25) is 0 Å². The molecule has 0 bridgehead atoms. The fourth-order valence-corrected chi connectivity index (χ4v) is 3.20. The van der Waals surface area contributed by atoms with Gasteiger partial charge in [0.25, 0.3) is 0 Å². The first-order chi connectivity index (χ1) is 12.2. The lowest BCUT2D eigenvalue weighted by Crippen LogP contribution is -2.36. The molecule has 0 unspecified atom stereocenters. The van der Waals surface area contributed by atoms with Crippen LogP contribution in [0.15, 0.2) is 30.4 Å². The molecular weight excluding hydrogens is 320 g/mol. The van der Waals surface area contributed by atoms with Crippen LogP contribution < -0.4 is 10.2 Å². The number of carbonyl (C=O) groups is 2. The second-order valence-corrected chi connectivity index (χ2v) is 6.29. The summed E-state index contributed by atoms with van der Waals surface area (Å²) < 4.78 is 10.3. The first kappa shape index (κ1) is 17.5. The van der Waals surface area contributed by atoms with E-state index in [9.17, 15) is 9.59 Å². The van der Waals surface area contributed by atoms with Crippen molar-refractivity contribution in [3.63, 3.8) is 0 Å². The third-order valence-electron chi connectivity index (χ3n) is 4.68. The van der Waals surface area contributed by atoms with Crippen molar-refractivity contribution < 1.29 is 19.1 Å². The Kier molecular flexibility index (Phi) is 5.71. The zero-order valence-electron chi connectivity index (χ0n) is 14.5. The fraction of sp³-hybridized carbons (Fsp3) is 0.474. The molecule has 0 saturated carbocycles. The molecule has 1 aliphatic heterocycles. The van der Waals surface area contributed by atoms with Gasteiger partial charge in [-0.15, -0.1) is 0 Å². The lowest BCUT2D eigenvalue weighted by Gasteiger charge is -2.29. The molecule has 1 heterocycles. The van der Waals surface area contributed by atoms with Crippen LogP contribution in [0.3, 0.4) is 0 Å². The Bertz CT molecular complexity index is 665. The minimum atomic E-state index is -0.450. The molecule has 0 radical (unpaired) electrons. The van der Waals surface area contributed by atoms with Crippen molar-refractivity contribution in [2.75, 3.05) is 43.6 Å². The summed E-state index contributed by atoms with van der Waals surface area (Å²) in [5.74, 6) is -0.544. The normalized spacial score (nSPS) is 20.2. The van der Waals surface area contributed by atoms with Crippen LogP contribution in [0.1, 0.15) is 29.6 Å². The van der Waals surface area contributed by atoms with Gasteiger partial charge in [0.15, 0.2) is 0 Å². The van der Waals surface area contributed by atoms with Crippen LogP contribution in [-0.4, -0.2) is 45.3 Å². The molecule has 6 nitrogen and oxygen atoms in total. The molecule has 1 N–H and O–H groups in total. The first-order valence-electron chi connectivity index (χ1n) is 8.70. The molecule has 1 fully saturated rings. The largest absolute Gasteiger partial charge is 0.465 e. The van der Waals surface area contributed by atoms with Crippen molar-refractivity contribution in [1.82, 2.24) is 0 Å².